The van der Waals surface area contributed by atoms with Gasteiger partial charge in [0.25, 0.3) is 5.91 Å². The van der Waals surface area contributed by atoms with Gasteiger partial charge in [-0.2, -0.15) is 0 Å². The summed E-state index contributed by atoms with van der Waals surface area (Å²) in [5.41, 5.74) is 1.67. The SMILES string of the molecule is CCC(NC(=O)CCNC(=O)c1ccccc1)c1ccc(Br)cc1. The van der Waals surface area contributed by atoms with E-state index in [0.717, 1.165) is 16.5 Å². The maximum Gasteiger partial charge on any atom is 0.251 e. The number of hydrogen-bond acceptors (Lipinski definition) is 2. The van der Waals surface area contributed by atoms with Gasteiger partial charge in [0.1, 0.15) is 0 Å². The number of halogens is 1. The average molecular weight is 389 g/mol. The second kappa shape index (κ2) is 9.23. The third-order valence-electron chi connectivity index (χ3n) is 3.69. The van der Waals surface area contributed by atoms with E-state index >= 15 is 0 Å². The Balaban J connectivity index is 1.79. The van der Waals surface area contributed by atoms with Crippen molar-refractivity contribution in [1.29, 1.82) is 0 Å². The molecule has 1 unspecified atom stereocenters. The van der Waals surface area contributed by atoms with Crippen molar-refractivity contribution in [2.45, 2.75) is 25.8 Å². The Morgan fingerprint density at radius 3 is 2.33 bits per heavy atom. The van der Waals surface area contributed by atoms with Gasteiger partial charge in [-0.05, 0) is 36.2 Å². The van der Waals surface area contributed by atoms with Crippen LogP contribution in [-0.2, 0) is 4.79 Å². The molecule has 2 rings (SSSR count). The van der Waals surface area contributed by atoms with Crippen LogP contribution in [0.25, 0.3) is 0 Å². The number of benzene rings is 2. The molecule has 0 aliphatic carbocycles. The highest BCUT2D eigenvalue weighted by molar-refractivity contribution is 9.10. The summed E-state index contributed by atoms with van der Waals surface area (Å²) in [6.07, 6.45) is 1.06. The summed E-state index contributed by atoms with van der Waals surface area (Å²) in [7, 11) is 0. The predicted octanol–water partition coefficient (Wildman–Crippen LogP) is 3.84. The molecule has 24 heavy (non-hydrogen) atoms. The predicted molar refractivity (Wildman–Crippen MR) is 98.7 cm³/mol. The number of rotatable bonds is 7. The highest BCUT2D eigenvalue weighted by atomic mass is 79.9. The normalized spacial score (nSPS) is 11.6. The summed E-state index contributed by atoms with van der Waals surface area (Å²) in [6, 6.07) is 16.9. The minimum atomic E-state index is -0.164. The van der Waals surface area contributed by atoms with E-state index in [0.29, 0.717) is 12.1 Å². The Morgan fingerprint density at radius 1 is 1.04 bits per heavy atom. The lowest BCUT2D eigenvalue weighted by Crippen LogP contribution is -2.32. The van der Waals surface area contributed by atoms with E-state index in [2.05, 4.69) is 26.6 Å². The van der Waals surface area contributed by atoms with Crippen molar-refractivity contribution in [2.24, 2.45) is 0 Å². The Kier molecular flexibility index (Phi) is 7.00. The van der Waals surface area contributed by atoms with Crippen LogP contribution in [0.15, 0.2) is 59.1 Å². The zero-order chi connectivity index (χ0) is 17.4. The van der Waals surface area contributed by atoms with Gasteiger partial charge in [0.05, 0.1) is 6.04 Å². The van der Waals surface area contributed by atoms with Gasteiger partial charge in [-0.15, -0.1) is 0 Å². The van der Waals surface area contributed by atoms with Crippen molar-refractivity contribution >= 4 is 27.7 Å². The highest BCUT2D eigenvalue weighted by Crippen LogP contribution is 2.19. The molecule has 0 aliphatic heterocycles. The third kappa shape index (κ3) is 5.49. The largest absolute Gasteiger partial charge is 0.352 e. The topological polar surface area (TPSA) is 58.2 Å². The van der Waals surface area contributed by atoms with Crippen molar-refractivity contribution in [3.8, 4) is 0 Å². The summed E-state index contributed by atoms with van der Waals surface area (Å²) < 4.78 is 1.01. The Hall–Kier alpha value is -2.14. The summed E-state index contributed by atoms with van der Waals surface area (Å²) in [5.74, 6) is -0.235. The van der Waals surface area contributed by atoms with Crippen LogP contribution >= 0.6 is 15.9 Å². The standard InChI is InChI=1S/C19H21BrN2O2/c1-2-17(14-8-10-16(20)11-9-14)22-18(23)12-13-21-19(24)15-6-4-3-5-7-15/h3-11,17H,2,12-13H2,1H3,(H,21,24)(H,22,23). The molecule has 5 heteroatoms. The Bertz CT molecular complexity index is 672. The second-order valence-electron chi connectivity index (χ2n) is 5.45. The van der Waals surface area contributed by atoms with E-state index in [1.165, 1.54) is 0 Å². The van der Waals surface area contributed by atoms with E-state index in [-0.39, 0.29) is 24.3 Å². The van der Waals surface area contributed by atoms with Gasteiger partial charge >= 0.3 is 0 Å². The molecular weight excluding hydrogens is 368 g/mol. The molecule has 2 N–H and O–H groups in total. The summed E-state index contributed by atoms with van der Waals surface area (Å²) in [5, 5.41) is 5.77. The highest BCUT2D eigenvalue weighted by Gasteiger charge is 2.13. The Morgan fingerprint density at radius 2 is 1.71 bits per heavy atom. The van der Waals surface area contributed by atoms with Gasteiger partial charge in [0.15, 0.2) is 0 Å². The van der Waals surface area contributed by atoms with Crippen LogP contribution in [0.4, 0.5) is 0 Å². The second-order valence-corrected chi connectivity index (χ2v) is 6.37. The molecule has 4 nitrogen and oxygen atoms in total. The number of carbonyl (C=O) groups is 2. The van der Waals surface area contributed by atoms with Crippen LogP contribution in [0, 0.1) is 0 Å². The fourth-order valence-corrected chi connectivity index (χ4v) is 2.63. The minimum Gasteiger partial charge on any atom is -0.352 e. The first-order valence-electron chi connectivity index (χ1n) is 7.98. The zero-order valence-electron chi connectivity index (χ0n) is 13.6. The van der Waals surface area contributed by atoms with Gasteiger partial charge in [0.2, 0.25) is 5.91 Å². The minimum absolute atomic E-state index is 0.0181. The molecule has 2 amide bonds. The molecule has 0 fully saturated rings. The van der Waals surface area contributed by atoms with Crippen molar-refractivity contribution in [3.63, 3.8) is 0 Å². The van der Waals surface area contributed by atoms with E-state index in [1.807, 2.05) is 49.4 Å². The first-order chi connectivity index (χ1) is 11.6. The average Bonchev–Trinajstić information content (AvgIpc) is 2.61. The molecule has 0 aromatic heterocycles. The van der Waals surface area contributed by atoms with Crippen molar-refractivity contribution in [1.82, 2.24) is 10.6 Å². The fourth-order valence-electron chi connectivity index (χ4n) is 2.36. The zero-order valence-corrected chi connectivity index (χ0v) is 15.2. The summed E-state index contributed by atoms with van der Waals surface area (Å²) in [4.78, 5) is 24.0. The van der Waals surface area contributed by atoms with Gasteiger partial charge in [-0.25, -0.2) is 0 Å². The van der Waals surface area contributed by atoms with Crippen LogP contribution in [-0.4, -0.2) is 18.4 Å². The molecule has 1 atom stereocenters. The third-order valence-corrected chi connectivity index (χ3v) is 4.22. The maximum atomic E-state index is 12.1. The van der Waals surface area contributed by atoms with Gasteiger partial charge in [-0.1, -0.05) is 53.2 Å². The van der Waals surface area contributed by atoms with Crippen molar-refractivity contribution < 1.29 is 9.59 Å². The van der Waals surface area contributed by atoms with Crippen molar-refractivity contribution in [2.75, 3.05) is 6.54 Å². The fraction of sp³-hybridized carbons (Fsp3) is 0.263. The lowest BCUT2D eigenvalue weighted by atomic mass is 10.0. The molecule has 0 saturated carbocycles. The monoisotopic (exact) mass is 388 g/mol. The summed E-state index contributed by atoms with van der Waals surface area (Å²) in [6.45, 7) is 2.35. The molecule has 0 saturated heterocycles. The lowest BCUT2D eigenvalue weighted by Gasteiger charge is -2.17. The van der Waals surface area contributed by atoms with Crippen LogP contribution < -0.4 is 10.6 Å². The lowest BCUT2D eigenvalue weighted by molar-refractivity contribution is -0.121. The molecule has 2 aromatic rings. The molecule has 2 aromatic carbocycles. The maximum absolute atomic E-state index is 12.1. The van der Waals surface area contributed by atoms with Crippen LogP contribution in [0.1, 0.15) is 41.7 Å². The molecular formula is C19H21BrN2O2. The molecule has 0 bridgehead atoms. The first-order valence-corrected chi connectivity index (χ1v) is 8.77. The van der Waals surface area contributed by atoms with Gasteiger partial charge in [0, 0.05) is 23.0 Å². The van der Waals surface area contributed by atoms with Crippen molar-refractivity contribution in [3.05, 3.63) is 70.2 Å². The smallest absolute Gasteiger partial charge is 0.251 e. The molecule has 0 heterocycles. The quantitative estimate of drug-likeness (QED) is 0.756. The van der Waals surface area contributed by atoms with Crippen LogP contribution in [0.3, 0.4) is 0 Å². The molecule has 0 spiro atoms. The number of hydrogen-bond donors (Lipinski definition) is 2. The molecule has 0 aliphatic rings. The van der Waals surface area contributed by atoms with Crippen LogP contribution in [0.5, 0.6) is 0 Å². The first kappa shape index (κ1) is 18.2. The Labute approximate surface area is 150 Å². The van der Waals surface area contributed by atoms with Crippen LogP contribution in [0.2, 0.25) is 0 Å². The van der Waals surface area contributed by atoms with E-state index in [9.17, 15) is 9.59 Å². The van der Waals surface area contributed by atoms with E-state index in [4.69, 9.17) is 0 Å². The van der Waals surface area contributed by atoms with E-state index < -0.39 is 0 Å². The number of amides is 2. The van der Waals surface area contributed by atoms with Gasteiger partial charge < -0.3 is 10.6 Å². The van der Waals surface area contributed by atoms with E-state index in [1.54, 1.807) is 12.1 Å². The molecule has 0 radical (unpaired) electrons. The number of carbonyl (C=O) groups excluding carboxylic acids is 2. The number of nitrogens with one attached hydrogen (secondary N) is 2. The van der Waals surface area contributed by atoms with Gasteiger partial charge in [-0.3, -0.25) is 9.59 Å². The molecule has 126 valence electrons. The summed E-state index contributed by atoms with van der Waals surface area (Å²) >= 11 is 3.41.